The molecule has 2 aliphatic rings. The van der Waals surface area contributed by atoms with Gasteiger partial charge in [0.15, 0.2) is 5.13 Å². The molecule has 2 unspecified atom stereocenters. The fourth-order valence-corrected chi connectivity index (χ4v) is 5.47. The first-order valence-electron chi connectivity index (χ1n) is 10.4. The van der Waals surface area contributed by atoms with Gasteiger partial charge in [-0.1, -0.05) is 31.0 Å². The van der Waals surface area contributed by atoms with Gasteiger partial charge in [-0.15, -0.1) is 11.3 Å². The molecule has 1 saturated heterocycles. The van der Waals surface area contributed by atoms with E-state index in [1.54, 1.807) is 17.1 Å². The molecule has 2 aromatic rings. The summed E-state index contributed by atoms with van der Waals surface area (Å²) >= 11 is 1.40. The Balaban J connectivity index is 1.47. The number of likely N-dealkylation sites (tertiary alicyclic amines) is 1. The van der Waals surface area contributed by atoms with Crippen molar-refractivity contribution in [3.63, 3.8) is 0 Å². The number of nitrogens with zero attached hydrogens (tertiary/aromatic N) is 3. The number of carbonyl (C=O) groups is 2. The molecule has 0 radical (unpaired) electrons. The smallest absolute Gasteiger partial charge is 0.246 e. The molecule has 4 rings (SSSR count). The predicted octanol–water partition coefficient (Wildman–Crippen LogP) is 5.02. The maximum Gasteiger partial charge on any atom is 0.246 e. The number of hydrogen-bond acceptors (Lipinski definition) is 4. The molecular weight excluding hydrogens is 382 g/mol. The summed E-state index contributed by atoms with van der Waals surface area (Å²) in [5.74, 6) is 0.673. The first-order valence-corrected chi connectivity index (χ1v) is 11.3. The molecule has 1 aromatic heterocycles. The Morgan fingerprint density at radius 1 is 1.14 bits per heavy atom. The van der Waals surface area contributed by atoms with Crippen molar-refractivity contribution in [1.82, 2.24) is 9.88 Å². The number of para-hydroxylation sites is 1. The van der Waals surface area contributed by atoms with Gasteiger partial charge >= 0.3 is 0 Å². The van der Waals surface area contributed by atoms with Crippen molar-refractivity contribution in [3.05, 3.63) is 47.5 Å². The lowest BCUT2D eigenvalue weighted by Crippen LogP contribution is -2.49. The van der Waals surface area contributed by atoms with Gasteiger partial charge in [0.25, 0.3) is 0 Å². The highest BCUT2D eigenvalue weighted by molar-refractivity contribution is 7.14. The van der Waals surface area contributed by atoms with Crippen LogP contribution in [0.15, 0.2) is 41.8 Å². The molecule has 0 spiro atoms. The van der Waals surface area contributed by atoms with Gasteiger partial charge in [0, 0.05) is 31.0 Å². The molecule has 2 heterocycles. The summed E-state index contributed by atoms with van der Waals surface area (Å²) < 4.78 is 0. The van der Waals surface area contributed by atoms with Crippen molar-refractivity contribution < 1.29 is 9.59 Å². The third-order valence-electron chi connectivity index (χ3n) is 5.95. The molecule has 2 amide bonds. The van der Waals surface area contributed by atoms with Crippen molar-refractivity contribution in [2.24, 2.45) is 5.92 Å². The van der Waals surface area contributed by atoms with Gasteiger partial charge < -0.3 is 4.90 Å². The minimum atomic E-state index is -0.0891. The molecule has 0 N–H and O–H groups in total. The topological polar surface area (TPSA) is 53.5 Å². The minimum absolute atomic E-state index is 0.0858. The van der Waals surface area contributed by atoms with E-state index in [0.29, 0.717) is 22.8 Å². The molecular formula is C23H27N3O2S. The molecule has 152 valence electrons. The number of rotatable bonds is 4. The molecule has 1 aliphatic carbocycles. The summed E-state index contributed by atoms with van der Waals surface area (Å²) in [5, 5.41) is 2.50. The predicted molar refractivity (Wildman–Crippen MR) is 117 cm³/mol. The number of amides is 2. The molecule has 2 fully saturated rings. The van der Waals surface area contributed by atoms with E-state index in [4.69, 9.17) is 0 Å². The molecule has 29 heavy (non-hydrogen) atoms. The first-order chi connectivity index (χ1) is 14.1. The number of piperidine rings is 1. The SMILES string of the molecule is CC(=O)N(c1ccccc1)c1nc(/C=C/C(=O)N2CCCC3CCCCC32)cs1. The minimum Gasteiger partial charge on any atom is -0.336 e. The van der Waals surface area contributed by atoms with Gasteiger partial charge in [-0.2, -0.15) is 0 Å². The van der Waals surface area contributed by atoms with E-state index in [-0.39, 0.29) is 11.8 Å². The Bertz CT molecular complexity index is 891. The quantitative estimate of drug-likeness (QED) is 0.666. The Kier molecular flexibility index (Phi) is 6.09. The average molecular weight is 410 g/mol. The summed E-state index contributed by atoms with van der Waals surface area (Å²) in [6.07, 6.45) is 10.7. The third kappa shape index (κ3) is 4.42. The van der Waals surface area contributed by atoms with E-state index in [9.17, 15) is 9.59 Å². The van der Waals surface area contributed by atoms with Crippen LogP contribution in [0.2, 0.25) is 0 Å². The molecule has 1 saturated carbocycles. The standard InChI is InChI=1S/C23H27N3O2S/c1-17(27)26(20-10-3-2-4-11-20)23-24-19(16-29-23)13-14-22(28)25-15-7-9-18-8-5-6-12-21(18)25/h2-4,10-11,13-14,16,18,21H,5-9,12,15H2,1H3/b14-13+. The van der Waals surface area contributed by atoms with Crippen molar-refractivity contribution in [1.29, 1.82) is 0 Å². The number of anilines is 2. The van der Waals surface area contributed by atoms with Crippen molar-refractivity contribution in [2.45, 2.75) is 51.5 Å². The van der Waals surface area contributed by atoms with Gasteiger partial charge in [0.2, 0.25) is 11.8 Å². The second-order valence-corrected chi connectivity index (χ2v) is 8.70. The Hall–Kier alpha value is -2.47. The fourth-order valence-electron chi connectivity index (χ4n) is 4.61. The molecule has 1 aromatic carbocycles. The second kappa shape index (κ2) is 8.91. The molecule has 5 nitrogen and oxygen atoms in total. The first kappa shape index (κ1) is 19.8. The second-order valence-electron chi connectivity index (χ2n) is 7.86. The van der Waals surface area contributed by atoms with Crippen LogP contribution in [-0.2, 0) is 9.59 Å². The third-order valence-corrected chi connectivity index (χ3v) is 6.80. The largest absolute Gasteiger partial charge is 0.336 e. The van der Waals surface area contributed by atoms with Crippen LogP contribution >= 0.6 is 11.3 Å². The maximum absolute atomic E-state index is 12.8. The monoisotopic (exact) mass is 409 g/mol. The lowest BCUT2D eigenvalue weighted by Gasteiger charge is -2.43. The average Bonchev–Trinajstić information content (AvgIpc) is 3.20. The lowest BCUT2D eigenvalue weighted by molar-refractivity contribution is -0.132. The van der Waals surface area contributed by atoms with E-state index < -0.39 is 0 Å². The van der Waals surface area contributed by atoms with Crippen LogP contribution in [0.25, 0.3) is 6.08 Å². The van der Waals surface area contributed by atoms with Crippen LogP contribution < -0.4 is 4.90 Å². The van der Waals surface area contributed by atoms with Crippen LogP contribution in [0.4, 0.5) is 10.8 Å². The van der Waals surface area contributed by atoms with E-state index >= 15 is 0 Å². The summed E-state index contributed by atoms with van der Waals surface area (Å²) in [6.45, 7) is 2.39. The zero-order valence-corrected chi connectivity index (χ0v) is 17.6. The van der Waals surface area contributed by atoms with E-state index in [1.807, 2.05) is 35.7 Å². The fraction of sp³-hybridized carbons (Fsp3) is 0.435. The Morgan fingerprint density at radius 3 is 2.69 bits per heavy atom. The molecule has 2 atom stereocenters. The number of hydrogen-bond donors (Lipinski definition) is 0. The van der Waals surface area contributed by atoms with Gasteiger partial charge in [0.1, 0.15) is 0 Å². The van der Waals surface area contributed by atoms with Crippen LogP contribution in [0.3, 0.4) is 0 Å². The van der Waals surface area contributed by atoms with Crippen molar-refractivity contribution >= 4 is 40.0 Å². The summed E-state index contributed by atoms with van der Waals surface area (Å²) in [7, 11) is 0. The van der Waals surface area contributed by atoms with Gasteiger partial charge in [-0.3, -0.25) is 14.5 Å². The number of fused-ring (bicyclic) bond motifs is 1. The molecule has 0 bridgehead atoms. The number of aromatic nitrogens is 1. The summed E-state index contributed by atoms with van der Waals surface area (Å²) in [4.78, 5) is 33.3. The van der Waals surface area contributed by atoms with Gasteiger partial charge in [-0.05, 0) is 49.8 Å². The zero-order chi connectivity index (χ0) is 20.2. The van der Waals surface area contributed by atoms with Crippen LogP contribution in [-0.4, -0.2) is 34.3 Å². The molecule has 6 heteroatoms. The summed E-state index contributed by atoms with van der Waals surface area (Å²) in [6, 6.07) is 9.90. The van der Waals surface area contributed by atoms with Crippen molar-refractivity contribution in [2.75, 3.05) is 11.4 Å². The number of thiazole rings is 1. The lowest BCUT2D eigenvalue weighted by atomic mass is 9.78. The Morgan fingerprint density at radius 2 is 1.90 bits per heavy atom. The van der Waals surface area contributed by atoms with Gasteiger partial charge in [-0.25, -0.2) is 4.98 Å². The maximum atomic E-state index is 12.8. The van der Waals surface area contributed by atoms with Gasteiger partial charge in [0.05, 0.1) is 11.4 Å². The van der Waals surface area contributed by atoms with E-state index in [0.717, 1.165) is 25.1 Å². The highest BCUT2D eigenvalue weighted by atomic mass is 32.1. The summed E-state index contributed by atoms with van der Waals surface area (Å²) in [5.41, 5.74) is 1.50. The zero-order valence-electron chi connectivity index (χ0n) is 16.8. The highest BCUT2D eigenvalue weighted by Gasteiger charge is 2.34. The molecule has 1 aliphatic heterocycles. The van der Waals surface area contributed by atoms with Crippen molar-refractivity contribution in [3.8, 4) is 0 Å². The van der Waals surface area contributed by atoms with Crippen LogP contribution in [0, 0.1) is 5.92 Å². The van der Waals surface area contributed by atoms with E-state index in [2.05, 4.69) is 9.88 Å². The van der Waals surface area contributed by atoms with E-state index in [1.165, 1.54) is 43.9 Å². The Labute approximate surface area is 176 Å². The number of carbonyl (C=O) groups excluding carboxylic acids is 2. The van der Waals surface area contributed by atoms with Crippen LogP contribution in [0.5, 0.6) is 0 Å². The number of benzene rings is 1. The normalized spacial score (nSPS) is 21.8. The highest BCUT2D eigenvalue weighted by Crippen LogP contribution is 2.35. The van der Waals surface area contributed by atoms with Crippen LogP contribution in [0.1, 0.15) is 51.1 Å².